The van der Waals surface area contributed by atoms with E-state index in [1.54, 1.807) is 0 Å². The predicted octanol–water partition coefficient (Wildman–Crippen LogP) is 1.62. The Morgan fingerprint density at radius 2 is 2.12 bits per heavy atom. The number of hydrogen-bond donors (Lipinski definition) is 2. The molecule has 2 heterocycles. The molecule has 0 radical (unpaired) electrons. The molecule has 1 saturated heterocycles. The molecule has 2 aliphatic heterocycles. The van der Waals surface area contributed by atoms with Gasteiger partial charge in [-0.1, -0.05) is 19.1 Å². The standard InChI is InChI=1S/C14H21N3/c1-11-9-16-14-8-12(2-3-13(11)14)10-17-6-4-15-5-7-17/h2-3,8,11,15-16H,4-7,9-10H2,1H3. The highest BCUT2D eigenvalue weighted by Gasteiger charge is 2.18. The molecule has 1 aromatic rings. The number of anilines is 1. The summed E-state index contributed by atoms with van der Waals surface area (Å²) in [6, 6.07) is 6.93. The number of benzene rings is 1. The van der Waals surface area contributed by atoms with Gasteiger partial charge in [0.25, 0.3) is 0 Å². The van der Waals surface area contributed by atoms with E-state index in [4.69, 9.17) is 0 Å². The molecule has 0 saturated carbocycles. The van der Waals surface area contributed by atoms with Gasteiger partial charge in [0.15, 0.2) is 0 Å². The Labute approximate surface area is 103 Å². The first-order chi connectivity index (χ1) is 8.33. The normalized spacial score (nSPS) is 24.4. The van der Waals surface area contributed by atoms with Crippen LogP contribution in [0.25, 0.3) is 0 Å². The molecule has 92 valence electrons. The van der Waals surface area contributed by atoms with Crippen molar-refractivity contribution < 1.29 is 0 Å². The zero-order chi connectivity index (χ0) is 11.7. The van der Waals surface area contributed by atoms with E-state index in [2.05, 4.69) is 40.7 Å². The fourth-order valence-corrected chi connectivity index (χ4v) is 2.79. The second-order valence-electron chi connectivity index (χ2n) is 5.23. The zero-order valence-corrected chi connectivity index (χ0v) is 10.5. The number of rotatable bonds is 2. The van der Waals surface area contributed by atoms with Gasteiger partial charge < -0.3 is 10.6 Å². The highest BCUT2D eigenvalue weighted by Crippen LogP contribution is 2.31. The van der Waals surface area contributed by atoms with Crippen LogP contribution in [-0.4, -0.2) is 37.6 Å². The summed E-state index contributed by atoms with van der Waals surface area (Å²) in [5.74, 6) is 0.665. The second kappa shape index (κ2) is 4.67. The van der Waals surface area contributed by atoms with E-state index in [-0.39, 0.29) is 0 Å². The maximum absolute atomic E-state index is 3.50. The largest absolute Gasteiger partial charge is 0.384 e. The maximum Gasteiger partial charge on any atom is 0.0379 e. The quantitative estimate of drug-likeness (QED) is 0.810. The molecule has 0 aromatic heterocycles. The minimum absolute atomic E-state index is 0.665. The Bertz CT molecular complexity index is 396. The van der Waals surface area contributed by atoms with E-state index in [1.165, 1.54) is 29.9 Å². The number of piperazine rings is 1. The summed E-state index contributed by atoms with van der Waals surface area (Å²) >= 11 is 0. The van der Waals surface area contributed by atoms with Crippen LogP contribution in [0.2, 0.25) is 0 Å². The van der Waals surface area contributed by atoms with Gasteiger partial charge in [-0.05, 0) is 17.2 Å². The Morgan fingerprint density at radius 1 is 1.29 bits per heavy atom. The van der Waals surface area contributed by atoms with Crippen LogP contribution in [0.1, 0.15) is 24.0 Å². The lowest BCUT2D eigenvalue weighted by Crippen LogP contribution is -2.42. The highest BCUT2D eigenvalue weighted by atomic mass is 15.2. The first-order valence-electron chi connectivity index (χ1n) is 6.63. The van der Waals surface area contributed by atoms with Crippen LogP contribution >= 0.6 is 0 Å². The van der Waals surface area contributed by atoms with Crippen molar-refractivity contribution in [2.24, 2.45) is 0 Å². The van der Waals surface area contributed by atoms with Gasteiger partial charge >= 0.3 is 0 Å². The summed E-state index contributed by atoms with van der Waals surface area (Å²) in [6.45, 7) is 9.05. The number of hydrogen-bond acceptors (Lipinski definition) is 3. The molecular formula is C14H21N3. The summed E-state index contributed by atoms with van der Waals surface area (Å²) in [5.41, 5.74) is 4.27. The molecular weight excluding hydrogens is 210 g/mol. The average molecular weight is 231 g/mol. The van der Waals surface area contributed by atoms with Crippen molar-refractivity contribution in [3.05, 3.63) is 29.3 Å². The van der Waals surface area contributed by atoms with E-state index in [1.807, 2.05) is 0 Å². The molecule has 1 unspecified atom stereocenters. The number of fused-ring (bicyclic) bond motifs is 1. The molecule has 1 fully saturated rings. The van der Waals surface area contributed by atoms with Gasteiger partial charge in [-0.3, -0.25) is 4.90 Å². The van der Waals surface area contributed by atoms with Crippen LogP contribution in [0, 0.1) is 0 Å². The van der Waals surface area contributed by atoms with Gasteiger partial charge in [0, 0.05) is 50.9 Å². The maximum atomic E-state index is 3.50. The van der Waals surface area contributed by atoms with E-state index < -0.39 is 0 Å². The lowest BCUT2D eigenvalue weighted by molar-refractivity contribution is 0.233. The molecule has 0 aliphatic carbocycles. The van der Waals surface area contributed by atoms with Crippen LogP contribution in [0.3, 0.4) is 0 Å². The molecule has 3 nitrogen and oxygen atoms in total. The lowest BCUT2D eigenvalue weighted by atomic mass is 10.0. The molecule has 3 heteroatoms. The van der Waals surface area contributed by atoms with Gasteiger partial charge in [0.1, 0.15) is 0 Å². The average Bonchev–Trinajstić information content (AvgIpc) is 2.72. The molecule has 1 atom stereocenters. The van der Waals surface area contributed by atoms with Gasteiger partial charge in [-0.15, -0.1) is 0 Å². The van der Waals surface area contributed by atoms with Crippen LogP contribution in [-0.2, 0) is 6.54 Å². The minimum Gasteiger partial charge on any atom is -0.384 e. The van der Waals surface area contributed by atoms with Crippen molar-refractivity contribution in [1.82, 2.24) is 10.2 Å². The first-order valence-corrected chi connectivity index (χ1v) is 6.63. The third kappa shape index (κ3) is 2.31. The van der Waals surface area contributed by atoms with Gasteiger partial charge in [0.2, 0.25) is 0 Å². The van der Waals surface area contributed by atoms with E-state index in [0.717, 1.165) is 26.2 Å². The Hall–Kier alpha value is -1.06. The summed E-state index contributed by atoms with van der Waals surface area (Å²) < 4.78 is 0. The Balaban J connectivity index is 1.71. The van der Waals surface area contributed by atoms with E-state index in [0.29, 0.717) is 5.92 Å². The smallest absolute Gasteiger partial charge is 0.0379 e. The molecule has 2 aliphatic rings. The SMILES string of the molecule is CC1CNc2cc(CN3CCNCC3)ccc21. The van der Waals surface area contributed by atoms with E-state index >= 15 is 0 Å². The first kappa shape index (κ1) is 11.1. The summed E-state index contributed by atoms with van der Waals surface area (Å²) in [6.07, 6.45) is 0. The van der Waals surface area contributed by atoms with Gasteiger partial charge in [0.05, 0.1) is 0 Å². The summed E-state index contributed by atoms with van der Waals surface area (Å²) in [5, 5.41) is 6.89. The molecule has 17 heavy (non-hydrogen) atoms. The fourth-order valence-electron chi connectivity index (χ4n) is 2.79. The predicted molar refractivity (Wildman–Crippen MR) is 71.5 cm³/mol. The van der Waals surface area contributed by atoms with Crippen molar-refractivity contribution in [2.75, 3.05) is 38.0 Å². The van der Waals surface area contributed by atoms with Crippen LogP contribution in [0.5, 0.6) is 0 Å². The lowest BCUT2D eigenvalue weighted by Gasteiger charge is -2.27. The third-order valence-electron chi connectivity index (χ3n) is 3.86. The second-order valence-corrected chi connectivity index (χ2v) is 5.23. The van der Waals surface area contributed by atoms with Crippen LogP contribution in [0.4, 0.5) is 5.69 Å². The minimum atomic E-state index is 0.665. The Kier molecular flexibility index (Phi) is 3.04. The molecule has 3 rings (SSSR count). The number of nitrogens with one attached hydrogen (secondary N) is 2. The Morgan fingerprint density at radius 3 is 2.94 bits per heavy atom. The summed E-state index contributed by atoms with van der Waals surface area (Å²) in [4.78, 5) is 2.52. The van der Waals surface area contributed by atoms with Crippen molar-refractivity contribution >= 4 is 5.69 Å². The van der Waals surface area contributed by atoms with Crippen molar-refractivity contribution in [2.45, 2.75) is 19.4 Å². The van der Waals surface area contributed by atoms with Gasteiger partial charge in [-0.2, -0.15) is 0 Å². The van der Waals surface area contributed by atoms with E-state index in [9.17, 15) is 0 Å². The molecule has 0 spiro atoms. The monoisotopic (exact) mass is 231 g/mol. The fraction of sp³-hybridized carbons (Fsp3) is 0.571. The molecule has 1 aromatic carbocycles. The topological polar surface area (TPSA) is 27.3 Å². The van der Waals surface area contributed by atoms with Gasteiger partial charge in [-0.25, -0.2) is 0 Å². The van der Waals surface area contributed by atoms with Crippen molar-refractivity contribution in [1.29, 1.82) is 0 Å². The van der Waals surface area contributed by atoms with Crippen LogP contribution in [0.15, 0.2) is 18.2 Å². The molecule has 2 N–H and O–H groups in total. The van der Waals surface area contributed by atoms with Crippen LogP contribution < -0.4 is 10.6 Å². The third-order valence-corrected chi connectivity index (χ3v) is 3.86. The van der Waals surface area contributed by atoms with Crippen molar-refractivity contribution in [3.8, 4) is 0 Å². The number of nitrogens with zero attached hydrogens (tertiary/aromatic N) is 1. The van der Waals surface area contributed by atoms with Crippen molar-refractivity contribution in [3.63, 3.8) is 0 Å². The molecule has 0 bridgehead atoms. The summed E-state index contributed by atoms with van der Waals surface area (Å²) in [7, 11) is 0. The highest BCUT2D eigenvalue weighted by molar-refractivity contribution is 5.59. The zero-order valence-electron chi connectivity index (χ0n) is 10.5. The molecule has 0 amide bonds.